The molecule has 0 spiro atoms. The fourth-order valence-corrected chi connectivity index (χ4v) is 3.09. The highest BCUT2D eigenvalue weighted by Crippen LogP contribution is 2.21. The Balaban J connectivity index is 2.13. The third kappa shape index (κ3) is 2.09. The maximum absolute atomic E-state index is 6.03. The van der Waals surface area contributed by atoms with Crippen LogP contribution in [0, 0.1) is 11.7 Å². The quantitative estimate of drug-likeness (QED) is 0.720. The number of imidazole rings is 1. The summed E-state index contributed by atoms with van der Waals surface area (Å²) >= 11 is 13.0. The summed E-state index contributed by atoms with van der Waals surface area (Å²) in [6, 6.07) is 5.72. The van der Waals surface area contributed by atoms with E-state index in [1.165, 1.54) is 0 Å². The van der Waals surface area contributed by atoms with E-state index in [1.807, 2.05) is 35.1 Å². The molecule has 0 aliphatic heterocycles. The molecule has 0 fully saturated rings. The first-order valence-electron chi connectivity index (χ1n) is 5.42. The van der Waals surface area contributed by atoms with Crippen LogP contribution in [0.15, 0.2) is 23.6 Å². The van der Waals surface area contributed by atoms with Crippen LogP contribution in [-0.4, -0.2) is 14.5 Å². The van der Waals surface area contributed by atoms with Crippen molar-refractivity contribution in [3.05, 3.63) is 44.1 Å². The molecule has 0 radical (unpaired) electrons. The van der Waals surface area contributed by atoms with Crippen LogP contribution in [0.25, 0.3) is 11.0 Å². The summed E-state index contributed by atoms with van der Waals surface area (Å²) in [5.41, 5.74) is 3.05. The number of hydrogen-bond donors (Lipinski definition) is 1. The molecular formula is C12H10ClN3S2. The Labute approximate surface area is 118 Å². The van der Waals surface area contributed by atoms with Gasteiger partial charge in [-0.15, -0.1) is 11.3 Å². The third-order valence-electron chi connectivity index (χ3n) is 2.70. The molecule has 0 unspecified atom stereocenters. The SMILES string of the molecule is Cc1csc(Cn2c(=S)[nH]c3ccc(Cl)cc32)n1. The predicted molar refractivity (Wildman–Crippen MR) is 78.1 cm³/mol. The van der Waals surface area contributed by atoms with Gasteiger partial charge in [0.25, 0.3) is 0 Å². The molecule has 3 aromatic rings. The molecule has 0 aliphatic rings. The Hall–Kier alpha value is -1.17. The number of H-pyrrole nitrogens is 1. The molecular weight excluding hydrogens is 286 g/mol. The number of halogens is 1. The van der Waals surface area contributed by atoms with Gasteiger partial charge in [0.15, 0.2) is 4.77 Å². The fourth-order valence-electron chi connectivity index (χ4n) is 1.89. The molecule has 3 rings (SSSR count). The molecule has 2 aromatic heterocycles. The van der Waals surface area contributed by atoms with Crippen molar-refractivity contribution in [2.24, 2.45) is 0 Å². The van der Waals surface area contributed by atoms with E-state index in [-0.39, 0.29) is 0 Å². The van der Waals surface area contributed by atoms with E-state index in [1.54, 1.807) is 11.3 Å². The van der Waals surface area contributed by atoms with Gasteiger partial charge >= 0.3 is 0 Å². The normalized spacial score (nSPS) is 11.2. The van der Waals surface area contributed by atoms with Gasteiger partial charge in [-0.2, -0.15) is 0 Å². The third-order valence-corrected chi connectivity index (χ3v) is 4.21. The summed E-state index contributed by atoms with van der Waals surface area (Å²) < 4.78 is 2.72. The van der Waals surface area contributed by atoms with Crippen molar-refractivity contribution in [1.82, 2.24) is 14.5 Å². The van der Waals surface area contributed by atoms with E-state index in [0.29, 0.717) is 16.3 Å². The van der Waals surface area contributed by atoms with Crippen LogP contribution in [0.1, 0.15) is 10.7 Å². The Morgan fingerprint density at radius 1 is 1.50 bits per heavy atom. The molecule has 3 nitrogen and oxygen atoms in total. The maximum atomic E-state index is 6.03. The van der Waals surface area contributed by atoms with Crippen LogP contribution in [0.4, 0.5) is 0 Å². The number of nitrogens with zero attached hydrogens (tertiary/aromatic N) is 2. The van der Waals surface area contributed by atoms with Gasteiger partial charge in [0.2, 0.25) is 0 Å². The standard InChI is InChI=1S/C12H10ClN3S2/c1-7-6-18-11(14-7)5-16-10-4-8(13)2-3-9(10)15-12(16)17/h2-4,6H,5H2,1H3,(H,15,17). The van der Waals surface area contributed by atoms with Crippen LogP contribution in [0.3, 0.4) is 0 Å². The number of aryl methyl sites for hydroxylation is 1. The number of nitrogens with one attached hydrogen (secondary N) is 1. The molecule has 1 N–H and O–H groups in total. The zero-order chi connectivity index (χ0) is 12.7. The molecule has 0 aliphatic carbocycles. The monoisotopic (exact) mass is 295 g/mol. The minimum atomic E-state index is 0.678. The number of benzene rings is 1. The summed E-state index contributed by atoms with van der Waals surface area (Å²) in [5, 5.41) is 3.80. The average molecular weight is 296 g/mol. The molecule has 2 heterocycles. The molecule has 18 heavy (non-hydrogen) atoms. The summed E-state index contributed by atoms with van der Waals surface area (Å²) in [6.45, 7) is 2.67. The van der Waals surface area contributed by atoms with E-state index in [2.05, 4.69) is 9.97 Å². The fraction of sp³-hybridized carbons (Fsp3) is 0.167. The Kier molecular flexibility index (Phi) is 2.97. The highest BCUT2D eigenvalue weighted by atomic mass is 35.5. The number of fused-ring (bicyclic) bond motifs is 1. The minimum Gasteiger partial charge on any atom is -0.331 e. The van der Waals surface area contributed by atoms with Crippen molar-refractivity contribution in [3.8, 4) is 0 Å². The molecule has 6 heteroatoms. The Morgan fingerprint density at radius 3 is 3.06 bits per heavy atom. The number of thiazole rings is 1. The van der Waals surface area contributed by atoms with E-state index < -0.39 is 0 Å². The van der Waals surface area contributed by atoms with Gasteiger partial charge in [-0.25, -0.2) is 4.98 Å². The molecule has 0 saturated carbocycles. The average Bonchev–Trinajstić information content (AvgIpc) is 2.86. The van der Waals surface area contributed by atoms with Gasteiger partial charge in [-0.3, -0.25) is 0 Å². The van der Waals surface area contributed by atoms with Crippen LogP contribution in [0.5, 0.6) is 0 Å². The summed E-state index contributed by atoms with van der Waals surface area (Å²) in [6.07, 6.45) is 0. The second-order valence-corrected chi connectivity index (χ2v) is 5.83. The second kappa shape index (κ2) is 4.50. The maximum Gasteiger partial charge on any atom is 0.178 e. The molecule has 1 aromatic carbocycles. The topological polar surface area (TPSA) is 33.6 Å². The van der Waals surface area contributed by atoms with Gasteiger partial charge in [0, 0.05) is 16.1 Å². The van der Waals surface area contributed by atoms with E-state index in [4.69, 9.17) is 23.8 Å². The van der Waals surface area contributed by atoms with Crippen molar-refractivity contribution in [3.63, 3.8) is 0 Å². The highest BCUT2D eigenvalue weighted by molar-refractivity contribution is 7.71. The van der Waals surface area contributed by atoms with Crippen LogP contribution >= 0.6 is 35.2 Å². The number of aromatic nitrogens is 3. The lowest BCUT2D eigenvalue weighted by atomic mass is 10.3. The van der Waals surface area contributed by atoms with E-state index >= 15 is 0 Å². The van der Waals surface area contributed by atoms with Gasteiger partial charge < -0.3 is 9.55 Å². The van der Waals surface area contributed by atoms with E-state index in [9.17, 15) is 0 Å². The Bertz CT molecular complexity index is 769. The van der Waals surface area contributed by atoms with Gasteiger partial charge in [0.05, 0.1) is 17.6 Å². The molecule has 0 bridgehead atoms. The lowest BCUT2D eigenvalue weighted by Gasteiger charge is -2.01. The second-order valence-electron chi connectivity index (χ2n) is 4.06. The largest absolute Gasteiger partial charge is 0.331 e. The minimum absolute atomic E-state index is 0.678. The van der Waals surface area contributed by atoms with Crippen LogP contribution < -0.4 is 0 Å². The van der Waals surface area contributed by atoms with Gasteiger partial charge in [-0.1, -0.05) is 11.6 Å². The van der Waals surface area contributed by atoms with Crippen molar-refractivity contribution in [1.29, 1.82) is 0 Å². The molecule has 0 amide bonds. The van der Waals surface area contributed by atoms with Crippen molar-refractivity contribution in [2.75, 3.05) is 0 Å². The van der Waals surface area contributed by atoms with Crippen LogP contribution in [0.2, 0.25) is 5.02 Å². The Morgan fingerprint density at radius 2 is 2.33 bits per heavy atom. The zero-order valence-corrected chi connectivity index (χ0v) is 12.0. The highest BCUT2D eigenvalue weighted by Gasteiger charge is 2.07. The van der Waals surface area contributed by atoms with Gasteiger partial charge in [0.1, 0.15) is 5.01 Å². The van der Waals surface area contributed by atoms with Crippen molar-refractivity contribution in [2.45, 2.75) is 13.5 Å². The predicted octanol–water partition coefficient (Wildman–Crippen LogP) is 4.17. The van der Waals surface area contributed by atoms with Gasteiger partial charge in [-0.05, 0) is 37.3 Å². The van der Waals surface area contributed by atoms with Crippen LogP contribution in [-0.2, 0) is 6.54 Å². The summed E-state index contributed by atoms with van der Waals surface area (Å²) in [7, 11) is 0. The smallest absolute Gasteiger partial charge is 0.178 e. The van der Waals surface area contributed by atoms with E-state index in [0.717, 1.165) is 21.7 Å². The molecule has 0 saturated heterocycles. The number of rotatable bonds is 2. The van der Waals surface area contributed by atoms with Crippen molar-refractivity contribution < 1.29 is 0 Å². The molecule has 0 atom stereocenters. The lowest BCUT2D eigenvalue weighted by Crippen LogP contribution is -1.99. The zero-order valence-electron chi connectivity index (χ0n) is 9.61. The van der Waals surface area contributed by atoms with Crippen molar-refractivity contribution >= 4 is 46.2 Å². The molecule has 92 valence electrons. The lowest BCUT2D eigenvalue weighted by molar-refractivity contribution is 0.800. The summed E-state index contributed by atoms with van der Waals surface area (Å²) in [4.78, 5) is 7.64. The first kappa shape index (κ1) is 11.9. The first-order valence-corrected chi connectivity index (χ1v) is 7.09. The number of hydrogen-bond acceptors (Lipinski definition) is 3. The summed E-state index contributed by atoms with van der Waals surface area (Å²) in [5.74, 6) is 0. The first-order chi connectivity index (χ1) is 8.63. The number of aromatic amines is 1.